The summed E-state index contributed by atoms with van der Waals surface area (Å²) < 4.78 is 37.0. The number of pyridine rings is 3. The average molecular weight is 535 g/mol. The van der Waals surface area contributed by atoms with E-state index in [1.807, 2.05) is 13.0 Å². The molecule has 4 rings (SSSR count). The van der Waals surface area contributed by atoms with Gasteiger partial charge in [0.15, 0.2) is 5.75 Å². The van der Waals surface area contributed by atoms with Gasteiger partial charge in [-0.25, -0.2) is 4.72 Å². The summed E-state index contributed by atoms with van der Waals surface area (Å²) in [4.78, 5) is 12.4. The Labute approximate surface area is 221 Å². The summed E-state index contributed by atoms with van der Waals surface area (Å²) in [6.45, 7) is 1.99. The third-order valence-electron chi connectivity index (χ3n) is 4.94. The van der Waals surface area contributed by atoms with Gasteiger partial charge in [0.2, 0.25) is 11.9 Å². The van der Waals surface area contributed by atoms with Crippen LogP contribution in [-0.2, 0) is 0 Å². The molecule has 7 nitrogen and oxygen atoms in total. The zero-order valence-corrected chi connectivity index (χ0v) is 21.1. The highest BCUT2D eigenvalue weighted by molar-refractivity contribution is 8.04. The number of hydrogen-bond donors (Lipinski definition) is 2. The Hall–Kier alpha value is -3.98. The molecular formula is C26H20F2N6OS2. The first kappa shape index (κ1) is 26.1. The van der Waals surface area contributed by atoms with Crippen molar-refractivity contribution in [2.75, 3.05) is 0 Å². The summed E-state index contributed by atoms with van der Waals surface area (Å²) in [5, 5.41) is 11.6. The lowest BCUT2D eigenvalue weighted by molar-refractivity contribution is 0.480. The molecule has 0 spiro atoms. The van der Waals surface area contributed by atoms with Crippen LogP contribution in [0.15, 0.2) is 83.6 Å². The van der Waals surface area contributed by atoms with E-state index >= 15 is 0 Å². The van der Waals surface area contributed by atoms with E-state index in [1.54, 1.807) is 48.1 Å². The van der Waals surface area contributed by atoms with Crippen LogP contribution < -0.4 is 15.2 Å². The number of halogens is 2. The van der Waals surface area contributed by atoms with Crippen molar-refractivity contribution in [3.63, 3.8) is 0 Å². The molecule has 0 bridgehead atoms. The fourth-order valence-electron chi connectivity index (χ4n) is 3.24. The summed E-state index contributed by atoms with van der Waals surface area (Å²) in [5.74, 6) is -1.21. The van der Waals surface area contributed by atoms with Gasteiger partial charge in [0.25, 0.3) is 0 Å². The van der Waals surface area contributed by atoms with E-state index in [2.05, 4.69) is 25.7 Å². The van der Waals surface area contributed by atoms with Gasteiger partial charge < -0.3 is 10.5 Å². The molecule has 0 fully saturated rings. The van der Waals surface area contributed by atoms with E-state index in [1.165, 1.54) is 42.2 Å². The van der Waals surface area contributed by atoms with Gasteiger partial charge in [-0.2, -0.15) is 19.0 Å². The van der Waals surface area contributed by atoms with E-state index in [4.69, 9.17) is 10.5 Å². The Morgan fingerprint density at radius 1 is 1.08 bits per heavy atom. The highest BCUT2D eigenvalue weighted by Crippen LogP contribution is 2.37. The maximum Gasteiger partial charge on any atom is 0.224 e. The molecule has 0 amide bonds. The fraction of sp³-hybridized carbons (Fsp3) is 0.0769. The van der Waals surface area contributed by atoms with Crippen molar-refractivity contribution in [2.24, 2.45) is 5.73 Å². The van der Waals surface area contributed by atoms with Gasteiger partial charge in [0.05, 0.1) is 28.4 Å². The number of ether oxygens (including phenoxy) is 1. The van der Waals surface area contributed by atoms with Crippen molar-refractivity contribution in [3.8, 4) is 40.0 Å². The molecule has 3 N–H and O–H groups in total. The lowest BCUT2D eigenvalue weighted by Crippen LogP contribution is -2.13. The van der Waals surface area contributed by atoms with Crippen molar-refractivity contribution in [3.05, 3.63) is 96.2 Å². The molecule has 0 radical (unpaired) electrons. The normalized spacial score (nSPS) is 11.8. The molecule has 1 unspecified atom stereocenters. The Morgan fingerprint density at radius 3 is 2.62 bits per heavy atom. The van der Waals surface area contributed by atoms with Crippen LogP contribution in [0.4, 0.5) is 8.78 Å². The van der Waals surface area contributed by atoms with Gasteiger partial charge in [-0.1, -0.05) is 0 Å². The second kappa shape index (κ2) is 12.3. The molecular weight excluding hydrogens is 514 g/mol. The Kier molecular flexibility index (Phi) is 8.68. The number of nitrogens with one attached hydrogen (secondary N) is 1. The monoisotopic (exact) mass is 534 g/mol. The zero-order valence-electron chi connectivity index (χ0n) is 19.4. The summed E-state index contributed by atoms with van der Waals surface area (Å²) in [7, 11) is 0. The highest BCUT2D eigenvalue weighted by atomic mass is 32.2. The number of rotatable bonds is 9. The standard InChI is InChI=1S/C26H20F2N6OS2/c1-16(36-11-8-29)34-37-19-2-4-23(18(12-19)14-30)35-24-15-32-22(20-3-5-25(27)33-26(20)28)13-21(24)17-6-9-31-10-7-17/h2-13,15-16,34H,29H2,1H3/b11-8-. The zero-order chi connectivity index (χ0) is 26.2. The second-order valence-corrected chi connectivity index (χ2v) is 9.64. The quantitative estimate of drug-likeness (QED) is 0.146. The topological polar surface area (TPSA) is 110 Å². The van der Waals surface area contributed by atoms with Crippen LogP contribution in [0, 0.1) is 23.2 Å². The average Bonchev–Trinajstić information content (AvgIpc) is 2.92. The predicted molar refractivity (Wildman–Crippen MR) is 141 cm³/mol. The van der Waals surface area contributed by atoms with Crippen LogP contribution in [-0.4, -0.2) is 20.3 Å². The summed E-state index contributed by atoms with van der Waals surface area (Å²) >= 11 is 2.91. The van der Waals surface area contributed by atoms with E-state index in [0.717, 1.165) is 16.5 Å². The maximum atomic E-state index is 14.3. The molecule has 0 aliphatic heterocycles. The SMILES string of the molecule is CC(NSc1ccc(Oc2cnc(-c3ccc(F)nc3F)cc2-c2ccncc2)c(C#N)c1)S/C=C\N. The van der Waals surface area contributed by atoms with Gasteiger partial charge in [-0.3, -0.25) is 9.97 Å². The van der Waals surface area contributed by atoms with Gasteiger partial charge in [0.1, 0.15) is 11.8 Å². The number of nitrogens with zero attached hydrogens (tertiary/aromatic N) is 4. The first-order chi connectivity index (χ1) is 18.0. The fourth-order valence-corrected chi connectivity index (χ4v) is 4.55. The highest BCUT2D eigenvalue weighted by Gasteiger charge is 2.16. The van der Waals surface area contributed by atoms with Crippen molar-refractivity contribution in [1.29, 1.82) is 5.26 Å². The summed E-state index contributed by atoms with van der Waals surface area (Å²) in [5.41, 5.74) is 7.31. The number of benzene rings is 1. The van der Waals surface area contributed by atoms with Crippen LogP contribution in [0.25, 0.3) is 22.4 Å². The molecule has 0 aliphatic rings. The van der Waals surface area contributed by atoms with E-state index in [0.29, 0.717) is 22.6 Å². The number of hydrogen-bond acceptors (Lipinski definition) is 9. The maximum absolute atomic E-state index is 14.3. The van der Waals surface area contributed by atoms with Crippen LogP contribution >= 0.6 is 23.7 Å². The molecule has 11 heteroatoms. The molecule has 3 aromatic heterocycles. The number of aromatic nitrogens is 3. The largest absolute Gasteiger partial charge is 0.454 e. The number of nitrogens with two attached hydrogens (primary N) is 1. The molecule has 0 aliphatic carbocycles. The molecule has 1 atom stereocenters. The van der Waals surface area contributed by atoms with E-state index in [9.17, 15) is 14.0 Å². The van der Waals surface area contributed by atoms with Crippen LogP contribution in [0.2, 0.25) is 0 Å². The third-order valence-corrected chi connectivity index (χ3v) is 6.90. The molecule has 37 heavy (non-hydrogen) atoms. The Morgan fingerprint density at radius 2 is 1.89 bits per heavy atom. The second-order valence-electron chi connectivity index (χ2n) is 7.47. The van der Waals surface area contributed by atoms with E-state index < -0.39 is 11.9 Å². The molecule has 4 aromatic rings. The number of thioether (sulfide) groups is 1. The van der Waals surface area contributed by atoms with Crippen LogP contribution in [0.1, 0.15) is 12.5 Å². The van der Waals surface area contributed by atoms with Crippen LogP contribution in [0.5, 0.6) is 11.5 Å². The minimum Gasteiger partial charge on any atom is -0.454 e. The third kappa shape index (κ3) is 6.62. The van der Waals surface area contributed by atoms with Gasteiger partial charge in [-0.15, -0.1) is 11.8 Å². The summed E-state index contributed by atoms with van der Waals surface area (Å²) in [6.07, 6.45) is 6.13. The van der Waals surface area contributed by atoms with Crippen molar-refractivity contribution >= 4 is 23.7 Å². The van der Waals surface area contributed by atoms with Gasteiger partial charge in [-0.05, 0) is 78.4 Å². The Balaban J connectivity index is 1.65. The lowest BCUT2D eigenvalue weighted by Gasteiger charge is -2.15. The van der Waals surface area contributed by atoms with Crippen LogP contribution in [0.3, 0.4) is 0 Å². The smallest absolute Gasteiger partial charge is 0.224 e. The van der Waals surface area contributed by atoms with Crippen molar-refractivity contribution < 1.29 is 13.5 Å². The molecule has 0 saturated heterocycles. The van der Waals surface area contributed by atoms with Crippen molar-refractivity contribution in [2.45, 2.75) is 17.2 Å². The first-order valence-electron chi connectivity index (χ1n) is 10.9. The molecule has 186 valence electrons. The van der Waals surface area contributed by atoms with Gasteiger partial charge >= 0.3 is 0 Å². The predicted octanol–water partition coefficient (Wildman–Crippen LogP) is 6.25. The molecule has 3 heterocycles. The lowest BCUT2D eigenvalue weighted by atomic mass is 10.0. The van der Waals surface area contributed by atoms with E-state index in [-0.39, 0.29) is 16.6 Å². The summed E-state index contributed by atoms with van der Waals surface area (Å²) in [6, 6.07) is 14.9. The Bertz CT molecular complexity index is 1460. The number of nitriles is 1. The van der Waals surface area contributed by atoms with Crippen molar-refractivity contribution in [1.82, 2.24) is 19.7 Å². The molecule has 0 saturated carbocycles. The van der Waals surface area contributed by atoms with Gasteiger partial charge in [0, 0.05) is 29.1 Å². The minimum absolute atomic E-state index is 0.0455. The first-order valence-corrected chi connectivity index (χ1v) is 12.6. The molecule has 1 aromatic carbocycles. The minimum atomic E-state index is -0.970.